The van der Waals surface area contributed by atoms with Crippen LogP contribution in [-0.4, -0.2) is 35.6 Å². The van der Waals surface area contributed by atoms with E-state index in [0.29, 0.717) is 16.5 Å². The maximum absolute atomic E-state index is 12.8. The van der Waals surface area contributed by atoms with Gasteiger partial charge in [-0.3, -0.25) is 9.35 Å². The number of rotatable bonds is 5. The quantitative estimate of drug-likeness (QED) is 0.386. The second-order valence-electron chi connectivity index (χ2n) is 6.50. The Bertz CT molecular complexity index is 1300. The van der Waals surface area contributed by atoms with Crippen molar-refractivity contribution in [2.75, 3.05) is 5.01 Å². The van der Waals surface area contributed by atoms with Gasteiger partial charge in [0.25, 0.3) is 16.0 Å². The maximum atomic E-state index is 12.8. The third kappa shape index (κ3) is 4.61. The summed E-state index contributed by atoms with van der Waals surface area (Å²) in [6, 6.07) is 11.9. The van der Waals surface area contributed by atoms with Crippen LogP contribution in [0.5, 0.6) is 0 Å². The zero-order valence-corrected chi connectivity index (χ0v) is 19.1. The smallest absolute Gasteiger partial charge is 0.282 e. The summed E-state index contributed by atoms with van der Waals surface area (Å²) in [5, 5.41) is 15.8. The number of hydrogen-bond donors (Lipinski definition) is 1. The molecule has 31 heavy (non-hydrogen) atoms. The molecule has 158 valence electrons. The molecule has 0 radical (unpaired) electrons. The van der Waals surface area contributed by atoms with Gasteiger partial charge >= 0.3 is 0 Å². The van der Waals surface area contributed by atoms with E-state index in [2.05, 4.69) is 36.2 Å². The zero-order valence-electron chi connectivity index (χ0n) is 15.9. The number of anilines is 1. The van der Waals surface area contributed by atoms with Crippen LogP contribution in [0.1, 0.15) is 6.92 Å². The normalized spacial score (nSPS) is 16.9. The Labute approximate surface area is 190 Å². The number of hydrogen-bond acceptors (Lipinski definition) is 8. The highest BCUT2D eigenvalue weighted by molar-refractivity contribution is 9.10. The van der Waals surface area contributed by atoms with Crippen LogP contribution >= 0.6 is 27.3 Å². The molecule has 0 saturated heterocycles. The molecule has 3 aromatic rings. The third-order valence-electron chi connectivity index (χ3n) is 4.33. The summed E-state index contributed by atoms with van der Waals surface area (Å²) in [5.74, 6) is -0.382. The number of carbonyl (C=O) groups excluding carboxylic acids is 1. The van der Waals surface area contributed by atoms with Gasteiger partial charge in [-0.15, -0.1) is 11.3 Å². The van der Waals surface area contributed by atoms with E-state index in [0.717, 1.165) is 15.7 Å². The van der Waals surface area contributed by atoms with Gasteiger partial charge in [0.1, 0.15) is 0 Å². The van der Waals surface area contributed by atoms with Crippen LogP contribution in [0.25, 0.3) is 11.3 Å². The van der Waals surface area contributed by atoms with Crippen molar-refractivity contribution in [3.8, 4) is 11.3 Å². The van der Waals surface area contributed by atoms with Gasteiger partial charge in [-0.05, 0) is 43.3 Å². The molecule has 1 aromatic heterocycles. The number of benzene rings is 2. The summed E-state index contributed by atoms with van der Waals surface area (Å²) in [6.07, 6.45) is 0. The molecule has 0 saturated carbocycles. The number of azo groups is 1. The number of carbonyl (C=O) groups is 1. The SMILES string of the molecule is CC1=NN(c2nc(-c3ccc(Br)cc3)cs2)C(=O)C1N=Nc1ccc(S(=O)(=O)O)cc1. The van der Waals surface area contributed by atoms with E-state index in [1.54, 1.807) is 6.92 Å². The standard InChI is InChI=1S/C19H14BrN5O4S2/c1-11-17(23-22-14-6-8-15(9-7-14)31(27,28)29)18(26)25(24-11)19-21-16(10-30-19)12-2-4-13(20)5-3-12/h2-10,17H,1H3,(H,27,28,29). The van der Waals surface area contributed by atoms with Crippen LogP contribution in [0.4, 0.5) is 10.8 Å². The van der Waals surface area contributed by atoms with Crippen LogP contribution < -0.4 is 5.01 Å². The fraction of sp³-hybridized carbons (Fsp3) is 0.105. The Morgan fingerprint density at radius 3 is 2.45 bits per heavy atom. The molecule has 0 spiro atoms. The summed E-state index contributed by atoms with van der Waals surface area (Å²) in [5.41, 5.74) is 2.45. The lowest BCUT2D eigenvalue weighted by Gasteiger charge is -2.08. The van der Waals surface area contributed by atoms with Crippen molar-refractivity contribution in [2.24, 2.45) is 15.3 Å². The first-order chi connectivity index (χ1) is 14.7. The summed E-state index contributed by atoms with van der Waals surface area (Å²) in [6.45, 7) is 1.67. The lowest BCUT2D eigenvalue weighted by atomic mass is 10.2. The van der Waals surface area contributed by atoms with Gasteiger partial charge in [0.05, 0.1) is 22.0 Å². The van der Waals surface area contributed by atoms with Gasteiger partial charge in [-0.1, -0.05) is 28.1 Å². The third-order valence-corrected chi connectivity index (χ3v) is 6.55. The number of aromatic nitrogens is 1. The second kappa shape index (κ2) is 8.38. The minimum atomic E-state index is -4.29. The number of thiazole rings is 1. The van der Waals surface area contributed by atoms with E-state index in [4.69, 9.17) is 4.55 Å². The van der Waals surface area contributed by atoms with E-state index >= 15 is 0 Å². The van der Waals surface area contributed by atoms with Gasteiger partial charge in [-0.2, -0.15) is 28.8 Å². The minimum absolute atomic E-state index is 0.252. The molecular formula is C19H14BrN5O4S2. The molecule has 1 unspecified atom stereocenters. The molecule has 0 bridgehead atoms. The van der Waals surface area contributed by atoms with Crippen molar-refractivity contribution in [1.29, 1.82) is 0 Å². The van der Waals surface area contributed by atoms with Crippen LogP contribution in [0.15, 0.2) is 78.6 Å². The second-order valence-corrected chi connectivity index (χ2v) is 9.67. The summed E-state index contributed by atoms with van der Waals surface area (Å²) in [4.78, 5) is 17.1. The topological polar surface area (TPSA) is 125 Å². The van der Waals surface area contributed by atoms with Crippen molar-refractivity contribution in [2.45, 2.75) is 17.9 Å². The van der Waals surface area contributed by atoms with Crippen molar-refractivity contribution < 1.29 is 17.8 Å². The Morgan fingerprint density at radius 2 is 1.81 bits per heavy atom. The first-order valence-corrected chi connectivity index (χ1v) is 11.9. The molecule has 4 rings (SSSR count). The van der Waals surface area contributed by atoms with E-state index in [1.165, 1.54) is 40.6 Å². The number of halogens is 1. The average molecular weight is 520 g/mol. The summed E-state index contributed by atoms with van der Waals surface area (Å²) in [7, 11) is -4.29. The Balaban J connectivity index is 1.51. The monoisotopic (exact) mass is 519 g/mol. The van der Waals surface area contributed by atoms with Crippen LogP contribution in [0, 0.1) is 0 Å². The lowest BCUT2D eigenvalue weighted by molar-refractivity contribution is -0.117. The molecule has 12 heteroatoms. The van der Waals surface area contributed by atoms with E-state index in [1.807, 2.05) is 29.6 Å². The van der Waals surface area contributed by atoms with Gasteiger partial charge in [0.2, 0.25) is 5.13 Å². The minimum Gasteiger partial charge on any atom is -0.282 e. The fourth-order valence-corrected chi connectivity index (χ4v) is 4.28. The molecule has 1 aliphatic heterocycles. The Kier molecular flexibility index (Phi) is 5.79. The maximum Gasteiger partial charge on any atom is 0.294 e. The van der Waals surface area contributed by atoms with Crippen molar-refractivity contribution >= 4 is 59.8 Å². The number of amides is 1. The molecule has 1 N–H and O–H groups in total. The largest absolute Gasteiger partial charge is 0.294 e. The highest BCUT2D eigenvalue weighted by Gasteiger charge is 2.36. The molecule has 1 aliphatic rings. The van der Waals surface area contributed by atoms with E-state index in [9.17, 15) is 13.2 Å². The van der Waals surface area contributed by atoms with Crippen LogP contribution in [0.3, 0.4) is 0 Å². The average Bonchev–Trinajstić information content (AvgIpc) is 3.32. The van der Waals surface area contributed by atoms with Gasteiger partial charge in [0.15, 0.2) is 6.04 Å². The van der Waals surface area contributed by atoms with Crippen molar-refractivity contribution in [3.63, 3.8) is 0 Å². The highest BCUT2D eigenvalue weighted by Crippen LogP contribution is 2.31. The number of hydrazone groups is 1. The van der Waals surface area contributed by atoms with Gasteiger partial charge in [0, 0.05) is 15.4 Å². The molecule has 1 amide bonds. The van der Waals surface area contributed by atoms with Gasteiger partial charge in [-0.25, -0.2) is 4.98 Å². The van der Waals surface area contributed by atoms with Gasteiger partial charge < -0.3 is 0 Å². The summed E-state index contributed by atoms with van der Waals surface area (Å²) < 4.78 is 32.2. The Hall–Kier alpha value is -2.80. The predicted octanol–water partition coefficient (Wildman–Crippen LogP) is 4.69. The molecule has 2 heterocycles. The summed E-state index contributed by atoms with van der Waals surface area (Å²) >= 11 is 4.69. The predicted molar refractivity (Wildman–Crippen MR) is 120 cm³/mol. The number of nitrogens with zero attached hydrogens (tertiary/aromatic N) is 5. The molecule has 0 fully saturated rings. The van der Waals surface area contributed by atoms with Crippen molar-refractivity contribution in [1.82, 2.24) is 4.98 Å². The van der Waals surface area contributed by atoms with Crippen molar-refractivity contribution in [3.05, 3.63) is 58.4 Å². The highest BCUT2D eigenvalue weighted by atomic mass is 79.9. The van der Waals surface area contributed by atoms with Crippen LogP contribution in [0.2, 0.25) is 0 Å². The molecule has 0 aliphatic carbocycles. The molecular weight excluding hydrogens is 506 g/mol. The fourth-order valence-electron chi connectivity index (χ4n) is 2.75. The van der Waals surface area contributed by atoms with E-state index in [-0.39, 0.29) is 10.8 Å². The first-order valence-electron chi connectivity index (χ1n) is 8.81. The van der Waals surface area contributed by atoms with Crippen LogP contribution in [-0.2, 0) is 14.9 Å². The zero-order chi connectivity index (χ0) is 22.2. The molecule has 1 atom stereocenters. The lowest BCUT2D eigenvalue weighted by Crippen LogP contribution is -2.29. The molecule has 2 aromatic carbocycles. The first kappa shape index (κ1) is 21.4. The molecule has 9 nitrogen and oxygen atoms in total. The van der Waals surface area contributed by atoms with E-state index < -0.39 is 16.2 Å². The Morgan fingerprint density at radius 1 is 1.13 bits per heavy atom.